The molecule has 0 radical (unpaired) electrons. The third kappa shape index (κ3) is 3.48. The second kappa shape index (κ2) is 4.59. The molecule has 5 nitrogen and oxygen atoms in total. The minimum absolute atomic E-state index is 0.121. The Morgan fingerprint density at radius 1 is 1.29 bits per heavy atom. The highest BCUT2D eigenvalue weighted by atomic mass is 31.2. The molecule has 0 aromatic rings. The third-order valence-corrected chi connectivity index (χ3v) is 4.18. The first-order valence-electron chi connectivity index (χ1n) is 5.59. The number of nitrogens with one attached hydrogen (secondary N) is 1. The Kier molecular flexibility index (Phi) is 4.07. The van der Waals surface area contributed by atoms with Crippen molar-refractivity contribution in [1.29, 1.82) is 0 Å². The first-order valence-corrected chi connectivity index (χ1v) is 7.02. The van der Waals surface area contributed by atoms with Gasteiger partial charge >= 0.3 is 7.91 Å². The van der Waals surface area contributed by atoms with E-state index in [9.17, 15) is 14.0 Å². The van der Waals surface area contributed by atoms with Crippen LogP contribution in [0, 0.1) is 5.21 Å². The minimum atomic E-state index is -4.49. The molecule has 0 aromatic carbocycles. The van der Waals surface area contributed by atoms with Crippen LogP contribution in [0.2, 0.25) is 0 Å². The van der Waals surface area contributed by atoms with E-state index in [2.05, 4.69) is 4.52 Å². The molecule has 1 fully saturated rings. The van der Waals surface area contributed by atoms with Gasteiger partial charge in [0, 0.05) is 20.0 Å². The standard InChI is InChI=1S/C10H21FNO4P/c1-9(2)6-8(16-17(11,14)15-5)7-10(3,4)12(9)13/h8,12H,6-7H2,1-5H3. The molecule has 1 saturated heterocycles. The Bertz CT molecular complexity index is 316. The lowest BCUT2D eigenvalue weighted by Crippen LogP contribution is -3.23. The van der Waals surface area contributed by atoms with E-state index in [1.54, 1.807) is 27.7 Å². The summed E-state index contributed by atoms with van der Waals surface area (Å²) in [6, 6.07) is 0. The summed E-state index contributed by atoms with van der Waals surface area (Å²) in [5.74, 6) is 0. The maximum atomic E-state index is 13.2. The first-order chi connectivity index (χ1) is 7.50. The molecule has 1 rings (SSSR count). The van der Waals surface area contributed by atoms with Crippen molar-refractivity contribution in [2.24, 2.45) is 0 Å². The smallest absolute Gasteiger partial charge is 0.513 e. The van der Waals surface area contributed by atoms with Gasteiger partial charge in [-0.1, -0.05) is 0 Å². The highest BCUT2D eigenvalue weighted by Gasteiger charge is 2.47. The fourth-order valence-electron chi connectivity index (χ4n) is 2.61. The number of quaternary nitrogens is 1. The molecule has 0 amide bonds. The molecule has 0 aliphatic carbocycles. The van der Waals surface area contributed by atoms with Crippen LogP contribution in [-0.2, 0) is 13.6 Å². The topological polar surface area (TPSA) is 63.0 Å². The van der Waals surface area contributed by atoms with Crippen LogP contribution in [0.5, 0.6) is 0 Å². The SMILES string of the molecule is COP(=O)(F)OC1CC(C)(C)[NH+]([O-])C(C)(C)C1. The van der Waals surface area contributed by atoms with Crippen molar-refractivity contribution in [3.63, 3.8) is 0 Å². The summed E-state index contributed by atoms with van der Waals surface area (Å²) < 4.78 is 33.4. The summed E-state index contributed by atoms with van der Waals surface area (Å²) in [5.41, 5.74) is -1.19. The zero-order chi connectivity index (χ0) is 13.5. The maximum absolute atomic E-state index is 13.2. The normalized spacial score (nSPS) is 35.2. The van der Waals surface area contributed by atoms with Crippen LogP contribution in [0.15, 0.2) is 0 Å². The fraction of sp³-hybridized carbons (Fsp3) is 1.00. The second-order valence-electron chi connectivity index (χ2n) is 5.85. The van der Waals surface area contributed by atoms with Gasteiger partial charge in [-0.15, -0.1) is 4.20 Å². The summed E-state index contributed by atoms with van der Waals surface area (Å²) in [5, 5.41) is 12.2. The summed E-state index contributed by atoms with van der Waals surface area (Å²) in [6.45, 7) is 7.18. The van der Waals surface area contributed by atoms with E-state index in [0.717, 1.165) is 7.11 Å². The molecule has 1 aliphatic heterocycles. The maximum Gasteiger partial charge on any atom is 0.513 e. The Labute approximate surface area is 102 Å². The minimum Gasteiger partial charge on any atom is -0.634 e. The van der Waals surface area contributed by atoms with E-state index in [1.807, 2.05) is 0 Å². The van der Waals surface area contributed by atoms with Crippen molar-refractivity contribution in [3.05, 3.63) is 5.21 Å². The van der Waals surface area contributed by atoms with Gasteiger partial charge in [0.25, 0.3) is 0 Å². The van der Waals surface area contributed by atoms with Crippen molar-refractivity contribution < 1.29 is 22.9 Å². The van der Waals surface area contributed by atoms with Crippen LogP contribution in [0.25, 0.3) is 0 Å². The number of rotatable bonds is 3. The Morgan fingerprint density at radius 2 is 1.71 bits per heavy atom. The van der Waals surface area contributed by atoms with E-state index < -0.39 is 25.1 Å². The van der Waals surface area contributed by atoms with Gasteiger partial charge in [-0.05, 0) is 27.7 Å². The molecular formula is C10H21FNO4P. The van der Waals surface area contributed by atoms with Crippen LogP contribution < -0.4 is 5.06 Å². The molecule has 1 atom stereocenters. The monoisotopic (exact) mass is 269 g/mol. The van der Waals surface area contributed by atoms with Crippen LogP contribution in [0.3, 0.4) is 0 Å². The average molecular weight is 269 g/mol. The van der Waals surface area contributed by atoms with E-state index in [-0.39, 0.29) is 5.06 Å². The van der Waals surface area contributed by atoms with Gasteiger partial charge in [-0.2, -0.15) is 0 Å². The summed E-state index contributed by atoms with van der Waals surface area (Å²) >= 11 is 0. The quantitative estimate of drug-likeness (QED) is 0.627. The number of piperidine rings is 1. The van der Waals surface area contributed by atoms with Gasteiger partial charge in [0.15, 0.2) is 0 Å². The van der Waals surface area contributed by atoms with Crippen LogP contribution in [0.1, 0.15) is 40.5 Å². The Morgan fingerprint density at radius 3 is 2.06 bits per heavy atom. The van der Waals surface area contributed by atoms with E-state index in [1.165, 1.54) is 0 Å². The zero-order valence-electron chi connectivity index (χ0n) is 10.9. The highest BCUT2D eigenvalue weighted by molar-refractivity contribution is 7.48. The van der Waals surface area contributed by atoms with Crippen molar-refractivity contribution in [2.45, 2.75) is 57.7 Å². The summed E-state index contributed by atoms with van der Waals surface area (Å²) in [7, 11) is -3.48. The van der Waals surface area contributed by atoms with Crippen LogP contribution in [0.4, 0.5) is 4.20 Å². The molecule has 7 heteroatoms. The van der Waals surface area contributed by atoms with Gasteiger partial charge in [0.2, 0.25) is 0 Å². The summed E-state index contributed by atoms with van der Waals surface area (Å²) in [4.78, 5) is 0. The van der Waals surface area contributed by atoms with Gasteiger partial charge in [-0.25, -0.2) is 4.57 Å². The van der Waals surface area contributed by atoms with Crippen molar-refractivity contribution in [2.75, 3.05) is 7.11 Å². The predicted molar refractivity (Wildman–Crippen MR) is 62.3 cm³/mol. The second-order valence-corrected chi connectivity index (χ2v) is 7.28. The number of hydrogen-bond donors (Lipinski definition) is 1. The van der Waals surface area contributed by atoms with Crippen molar-refractivity contribution >= 4 is 7.91 Å². The molecule has 102 valence electrons. The molecular weight excluding hydrogens is 248 g/mol. The molecule has 1 unspecified atom stereocenters. The molecule has 1 heterocycles. The third-order valence-electron chi connectivity index (χ3n) is 3.20. The average Bonchev–Trinajstić information content (AvgIpc) is 2.12. The molecule has 0 spiro atoms. The van der Waals surface area contributed by atoms with Gasteiger partial charge in [0.1, 0.15) is 0 Å². The van der Waals surface area contributed by atoms with Crippen LogP contribution >= 0.6 is 7.91 Å². The lowest BCUT2D eigenvalue weighted by Gasteiger charge is -2.54. The van der Waals surface area contributed by atoms with E-state index in [4.69, 9.17) is 4.52 Å². The molecule has 1 aliphatic rings. The Hall–Kier alpha value is -0.0000000000000000139. The molecule has 17 heavy (non-hydrogen) atoms. The van der Waals surface area contributed by atoms with Gasteiger partial charge in [0.05, 0.1) is 17.2 Å². The van der Waals surface area contributed by atoms with Crippen LogP contribution in [-0.4, -0.2) is 24.3 Å². The molecule has 0 aromatic heterocycles. The van der Waals surface area contributed by atoms with Crippen molar-refractivity contribution in [1.82, 2.24) is 0 Å². The molecule has 1 N–H and O–H groups in total. The van der Waals surface area contributed by atoms with Crippen molar-refractivity contribution in [3.8, 4) is 0 Å². The fourth-order valence-corrected chi connectivity index (χ4v) is 3.20. The number of hydroxylamine groups is 2. The summed E-state index contributed by atoms with van der Waals surface area (Å²) in [6.07, 6.45) is 0.146. The predicted octanol–water partition coefficient (Wildman–Crippen LogP) is 1.83. The lowest BCUT2D eigenvalue weighted by molar-refractivity contribution is -0.956. The van der Waals surface area contributed by atoms with Gasteiger partial charge in [-0.3, -0.25) is 9.05 Å². The molecule has 0 saturated carbocycles. The Balaban J connectivity index is 2.82. The zero-order valence-corrected chi connectivity index (χ0v) is 11.8. The lowest BCUT2D eigenvalue weighted by atomic mass is 9.80. The first kappa shape index (κ1) is 15.1. The largest absolute Gasteiger partial charge is 0.634 e. The van der Waals surface area contributed by atoms with E-state index in [0.29, 0.717) is 12.8 Å². The number of halogens is 1. The van der Waals surface area contributed by atoms with Gasteiger partial charge < -0.3 is 10.3 Å². The molecule has 0 bridgehead atoms. The highest BCUT2D eigenvalue weighted by Crippen LogP contribution is 2.51. The van der Waals surface area contributed by atoms with E-state index >= 15 is 0 Å². The number of hydrogen-bond acceptors (Lipinski definition) is 4.